The third-order valence-electron chi connectivity index (χ3n) is 3.03. The predicted octanol–water partition coefficient (Wildman–Crippen LogP) is 2.32. The molecular weight excluding hydrogens is 186 g/mol. The van der Waals surface area contributed by atoms with Crippen LogP contribution in [0.1, 0.15) is 26.2 Å². The van der Waals surface area contributed by atoms with Gasteiger partial charge in [-0.3, -0.25) is 0 Å². The van der Waals surface area contributed by atoms with E-state index in [2.05, 4.69) is 42.0 Å². The Morgan fingerprint density at radius 3 is 2.58 bits per heavy atom. The van der Waals surface area contributed by atoms with Crippen LogP contribution >= 0.6 is 23.5 Å². The highest BCUT2D eigenvalue weighted by Gasteiger charge is 2.46. The maximum atomic E-state index is 3.69. The van der Waals surface area contributed by atoms with E-state index in [4.69, 9.17) is 0 Å². The summed E-state index contributed by atoms with van der Waals surface area (Å²) in [5.41, 5.74) is 0. The third kappa shape index (κ3) is 1.40. The van der Waals surface area contributed by atoms with Gasteiger partial charge in [0.15, 0.2) is 0 Å². The van der Waals surface area contributed by atoms with Gasteiger partial charge in [-0.1, -0.05) is 6.42 Å². The van der Waals surface area contributed by atoms with Crippen molar-refractivity contribution >= 4 is 23.5 Å². The van der Waals surface area contributed by atoms with Gasteiger partial charge in [-0.05, 0) is 26.0 Å². The summed E-state index contributed by atoms with van der Waals surface area (Å²) in [6, 6.07) is 0.727. The molecule has 3 heteroatoms. The maximum Gasteiger partial charge on any atom is 0.0683 e. The first-order chi connectivity index (χ1) is 5.77. The van der Waals surface area contributed by atoms with E-state index in [0.717, 1.165) is 11.4 Å². The topological polar surface area (TPSA) is 12.0 Å². The van der Waals surface area contributed by atoms with E-state index in [1.54, 1.807) is 0 Å². The van der Waals surface area contributed by atoms with Crippen molar-refractivity contribution in [1.29, 1.82) is 0 Å². The average molecular weight is 203 g/mol. The molecule has 1 heterocycles. The fourth-order valence-corrected chi connectivity index (χ4v) is 4.91. The molecule has 2 rings (SSSR count). The van der Waals surface area contributed by atoms with E-state index in [1.165, 1.54) is 25.0 Å². The number of hydrogen-bond donors (Lipinski definition) is 1. The summed E-state index contributed by atoms with van der Waals surface area (Å²) in [4.78, 5) is 0. The normalized spacial score (nSPS) is 39.5. The molecule has 2 atom stereocenters. The molecule has 0 aromatic heterocycles. The van der Waals surface area contributed by atoms with Crippen molar-refractivity contribution in [2.75, 3.05) is 12.0 Å². The summed E-state index contributed by atoms with van der Waals surface area (Å²) >= 11 is 4.20. The highest BCUT2D eigenvalue weighted by atomic mass is 32.2. The standard InChI is InChI=1S/C9H17NS2/c1-7-6-12-8(10-7)9(11-2)4-3-5-9/h7-8,10H,3-6H2,1-2H3. The van der Waals surface area contributed by atoms with Crippen molar-refractivity contribution in [3.05, 3.63) is 0 Å². The van der Waals surface area contributed by atoms with E-state index in [1.807, 2.05) is 0 Å². The summed E-state index contributed by atoms with van der Waals surface area (Å²) in [6.07, 6.45) is 6.55. The molecule has 2 fully saturated rings. The Labute approximate surface area is 83.4 Å². The van der Waals surface area contributed by atoms with Crippen LogP contribution in [0.4, 0.5) is 0 Å². The van der Waals surface area contributed by atoms with Gasteiger partial charge >= 0.3 is 0 Å². The van der Waals surface area contributed by atoms with Crippen molar-refractivity contribution in [3.63, 3.8) is 0 Å². The van der Waals surface area contributed by atoms with Gasteiger partial charge in [0.1, 0.15) is 0 Å². The lowest BCUT2D eigenvalue weighted by molar-refractivity contribution is 0.325. The summed E-state index contributed by atoms with van der Waals surface area (Å²) in [5.74, 6) is 1.30. The minimum absolute atomic E-state index is 0.593. The zero-order valence-corrected chi connectivity index (χ0v) is 9.43. The van der Waals surface area contributed by atoms with Crippen LogP contribution in [0, 0.1) is 0 Å². The minimum atomic E-state index is 0.593. The molecule has 70 valence electrons. The second-order valence-electron chi connectivity index (χ2n) is 3.90. The highest BCUT2D eigenvalue weighted by molar-refractivity contribution is 8.04. The molecule has 1 saturated carbocycles. The highest BCUT2D eigenvalue weighted by Crippen LogP contribution is 2.50. The van der Waals surface area contributed by atoms with Crippen LogP contribution in [0.2, 0.25) is 0 Å². The average Bonchev–Trinajstić information content (AvgIpc) is 2.35. The third-order valence-corrected chi connectivity index (χ3v) is 6.25. The monoisotopic (exact) mass is 203 g/mol. The summed E-state index contributed by atoms with van der Waals surface area (Å²) in [5, 5.41) is 4.42. The molecule has 0 amide bonds. The van der Waals surface area contributed by atoms with Crippen LogP contribution < -0.4 is 5.32 Å². The summed E-state index contributed by atoms with van der Waals surface area (Å²) in [7, 11) is 0. The number of nitrogens with one attached hydrogen (secondary N) is 1. The first-order valence-corrected chi connectivity index (χ1v) is 6.97. The quantitative estimate of drug-likeness (QED) is 0.740. The molecule has 1 aliphatic carbocycles. The van der Waals surface area contributed by atoms with Crippen LogP contribution in [-0.2, 0) is 0 Å². The van der Waals surface area contributed by atoms with Crippen molar-refractivity contribution in [1.82, 2.24) is 5.32 Å². The zero-order chi connectivity index (χ0) is 8.60. The minimum Gasteiger partial charge on any atom is -0.301 e. The van der Waals surface area contributed by atoms with Gasteiger partial charge in [-0.2, -0.15) is 11.8 Å². The Bertz CT molecular complexity index is 162. The molecule has 0 bridgehead atoms. The van der Waals surface area contributed by atoms with E-state index < -0.39 is 0 Å². The van der Waals surface area contributed by atoms with Crippen LogP contribution in [0.3, 0.4) is 0 Å². The van der Waals surface area contributed by atoms with Crippen molar-refractivity contribution in [2.24, 2.45) is 0 Å². The van der Waals surface area contributed by atoms with Gasteiger partial charge in [0, 0.05) is 16.5 Å². The smallest absolute Gasteiger partial charge is 0.0683 e. The van der Waals surface area contributed by atoms with Gasteiger partial charge < -0.3 is 5.32 Å². The van der Waals surface area contributed by atoms with E-state index in [0.29, 0.717) is 4.75 Å². The summed E-state index contributed by atoms with van der Waals surface area (Å²) < 4.78 is 0.593. The molecule has 0 aromatic rings. The Hall–Kier alpha value is 0.660. The fourth-order valence-electron chi connectivity index (χ4n) is 2.00. The lowest BCUT2D eigenvalue weighted by Gasteiger charge is -2.44. The predicted molar refractivity (Wildman–Crippen MR) is 58.9 cm³/mol. The van der Waals surface area contributed by atoms with Crippen LogP contribution in [0.15, 0.2) is 0 Å². The van der Waals surface area contributed by atoms with Crippen molar-refractivity contribution < 1.29 is 0 Å². The molecule has 0 spiro atoms. The molecule has 1 N–H and O–H groups in total. The second kappa shape index (κ2) is 3.43. The second-order valence-corrected chi connectivity index (χ2v) is 6.26. The van der Waals surface area contributed by atoms with E-state index in [-0.39, 0.29) is 0 Å². The van der Waals surface area contributed by atoms with Gasteiger partial charge in [0.2, 0.25) is 0 Å². The first-order valence-electron chi connectivity index (χ1n) is 4.70. The molecule has 2 aliphatic rings. The molecule has 1 saturated heterocycles. The van der Waals surface area contributed by atoms with Gasteiger partial charge in [-0.15, -0.1) is 11.8 Å². The van der Waals surface area contributed by atoms with E-state index >= 15 is 0 Å². The molecule has 0 radical (unpaired) electrons. The molecule has 0 aromatic carbocycles. The first kappa shape index (κ1) is 9.22. The lowest BCUT2D eigenvalue weighted by atomic mass is 9.84. The van der Waals surface area contributed by atoms with Crippen LogP contribution in [0.25, 0.3) is 0 Å². The lowest BCUT2D eigenvalue weighted by Crippen LogP contribution is -2.49. The largest absolute Gasteiger partial charge is 0.301 e. The SMILES string of the molecule is CSC1(C2NC(C)CS2)CCC1. The van der Waals surface area contributed by atoms with Crippen molar-refractivity contribution in [3.8, 4) is 0 Å². The van der Waals surface area contributed by atoms with Gasteiger partial charge in [0.05, 0.1) is 5.37 Å². The zero-order valence-electron chi connectivity index (χ0n) is 7.80. The molecule has 1 nitrogen and oxygen atoms in total. The number of hydrogen-bond acceptors (Lipinski definition) is 3. The molecular formula is C9H17NS2. The van der Waals surface area contributed by atoms with Crippen molar-refractivity contribution in [2.45, 2.75) is 42.3 Å². The Morgan fingerprint density at radius 2 is 2.25 bits per heavy atom. The Kier molecular flexibility index (Phi) is 2.64. The molecule has 2 unspecified atom stereocenters. The molecule has 12 heavy (non-hydrogen) atoms. The Morgan fingerprint density at radius 1 is 1.50 bits per heavy atom. The maximum absolute atomic E-state index is 3.69. The van der Waals surface area contributed by atoms with Gasteiger partial charge in [-0.25, -0.2) is 0 Å². The van der Waals surface area contributed by atoms with Crippen LogP contribution in [-0.4, -0.2) is 28.2 Å². The molecule has 1 aliphatic heterocycles. The number of rotatable bonds is 2. The summed E-state index contributed by atoms with van der Waals surface area (Å²) in [6.45, 7) is 2.29. The van der Waals surface area contributed by atoms with E-state index in [9.17, 15) is 0 Å². The fraction of sp³-hybridized carbons (Fsp3) is 1.00. The van der Waals surface area contributed by atoms with Gasteiger partial charge in [0.25, 0.3) is 0 Å². The van der Waals surface area contributed by atoms with Crippen LogP contribution in [0.5, 0.6) is 0 Å². The number of thioether (sulfide) groups is 2. The Balaban J connectivity index is 1.98.